The van der Waals surface area contributed by atoms with Gasteiger partial charge >= 0.3 is 0 Å². The molecule has 0 aromatic carbocycles. The minimum absolute atomic E-state index is 0.590. The SMILES string of the molecule is Cc1c(C(O)c2sccc2Br)cnn1C. The Bertz CT molecular complexity index is 477. The Labute approximate surface area is 100 Å². The highest BCUT2D eigenvalue weighted by Crippen LogP contribution is 2.33. The summed E-state index contributed by atoms with van der Waals surface area (Å²) in [6.07, 6.45) is 1.12. The number of rotatable bonds is 2. The van der Waals surface area contributed by atoms with Crippen LogP contribution in [0.4, 0.5) is 0 Å². The van der Waals surface area contributed by atoms with Crippen LogP contribution in [0.3, 0.4) is 0 Å². The maximum Gasteiger partial charge on any atom is 0.118 e. The number of aryl methyl sites for hydroxylation is 1. The van der Waals surface area contributed by atoms with E-state index in [0.717, 1.165) is 20.6 Å². The summed E-state index contributed by atoms with van der Waals surface area (Å²) in [4.78, 5) is 0.922. The first kappa shape index (κ1) is 10.9. The molecule has 3 nitrogen and oxygen atoms in total. The Morgan fingerprint density at radius 2 is 2.33 bits per heavy atom. The summed E-state index contributed by atoms with van der Waals surface area (Å²) in [5.74, 6) is 0. The predicted molar refractivity (Wildman–Crippen MR) is 64.0 cm³/mol. The molecular weight excluding hydrogens is 276 g/mol. The molecule has 1 atom stereocenters. The Morgan fingerprint density at radius 1 is 1.60 bits per heavy atom. The van der Waals surface area contributed by atoms with E-state index >= 15 is 0 Å². The quantitative estimate of drug-likeness (QED) is 0.922. The van der Waals surface area contributed by atoms with E-state index in [1.807, 2.05) is 25.4 Å². The van der Waals surface area contributed by atoms with E-state index in [-0.39, 0.29) is 0 Å². The van der Waals surface area contributed by atoms with Crippen molar-refractivity contribution in [3.63, 3.8) is 0 Å². The third-order valence-corrected chi connectivity index (χ3v) is 4.38. The minimum Gasteiger partial charge on any atom is -0.383 e. The van der Waals surface area contributed by atoms with Crippen molar-refractivity contribution in [2.75, 3.05) is 0 Å². The second-order valence-electron chi connectivity index (χ2n) is 3.34. The lowest BCUT2D eigenvalue weighted by Crippen LogP contribution is -2.00. The van der Waals surface area contributed by atoms with Crippen LogP contribution < -0.4 is 0 Å². The van der Waals surface area contributed by atoms with Gasteiger partial charge in [-0.2, -0.15) is 5.10 Å². The van der Waals surface area contributed by atoms with Crippen LogP contribution in [0.2, 0.25) is 0 Å². The molecule has 15 heavy (non-hydrogen) atoms. The zero-order chi connectivity index (χ0) is 11.0. The monoisotopic (exact) mass is 286 g/mol. The Balaban J connectivity index is 2.41. The lowest BCUT2D eigenvalue weighted by Gasteiger charge is -2.08. The van der Waals surface area contributed by atoms with Crippen molar-refractivity contribution < 1.29 is 5.11 Å². The third kappa shape index (κ3) is 1.87. The smallest absolute Gasteiger partial charge is 0.118 e. The zero-order valence-corrected chi connectivity index (χ0v) is 10.8. The van der Waals surface area contributed by atoms with E-state index in [0.29, 0.717) is 0 Å². The molecule has 2 rings (SSSR count). The van der Waals surface area contributed by atoms with Gasteiger partial charge < -0.3 is 5.11 Å². The van der Waals surface area contributed by atoms with E-state index in [1.165, 1.54) is 11.3 Å². The largest absolute Gasteiger partial charge is 0.383 e. The molecule has 2 aromatic rings. The Kier molecular flexibility index (Phi) is 2.95. The summed E-state index contributed by atoms with van der Waals surface area (Å²) in [7, 11) is 1.87. The van der Waals surface area contributed by atoms with Gasteiger partial charge in [0.25, 0.3) is 0 Å². The summed E-state index contributed by atoms with van der Waals surface area (Å²) < 4.78 is 2.71. The van der Waals surface area contributed by atoms with Gasteiger partial charge in [0.15, 0.2) is 0 Å². The molecule has 0 amide bonds. The van der Waals surface area contributed by atoms with Gasteiger partial charge in [0.2, 0.25) is 0 Å². The maximum absolute atomic E-state index is 10.2. The normalized spacial score (nSPS) is 13.1. The zero-order valence-electron chi connectivity index (χ0n) is 8.44. The summed E-state index contributed by atoms with van der Waals surface area (Å²) >= 11 is 4.96. The molecule has 0 aliphatic rings. The fourth-order valence-corrected chi connectivity index (χ4v) is 3.02. The maximum atomic E-state index is 10.2. The average Bonchev–Trinajstić information content (AvgIpc) is 2.75. The molecule has 5 heteroatoms. The van der Waals surface area contributed by atoms with E-state index < -0.39 is 6.10 Å². The van der Waals surface area contributed by atoms with Crippen molar-refractivity contribution in [2.24, 2.45) is 7.05 Å². The molecule has 0 bridgehead atoms. The van der Waals surface area contributed by atoms with Crippen LogP contribution in [0, 0.1) is 6.92 Å². The molecule has 0 aliphatic carbocycles. The highest BCUT2D eigenvalue weighted by Gasteiger charge is 2.19. The van der Waals surface area contributed by atoms with Crippen molar-refractivity contribution in [3.05, 3.63) is 38.3 Å². The summed E-state index contributed by atoms with van der Waals surface area (Å²) in [6, 6.07) is 1.94. The minimum atomic E-state index is -0.590. The van der Waals surface area contributed by atoms with Crippen molar-refractivity contribution >= 4 is 27.3 Å². The van der Waals surface area contributed by atoms with E-state index in [9.17, 15) is 5.11 Å². The van der Waals surface area contributed by atoms with Crippen LogP contribution in [0.1, 0.15) is 22.2 Å². The van der Waals surface area contributed by atoms with Gasteiger partial charge in [-0.15, -0.1) is 11.3 Å². The summed E-state index contributed by atoms with van der Waals surface area (Å²) in [6.45, 7) is 1.95. The Morgan fingerprint density at radius 3 is 2.80 bits per heavy atom. The molecule has 0 fully saturated rings. The Hall–Kier alpha value is -0.650. The van der Waals surface area contributed by atoms with Crippen LogP contribution in [0.25, 0.3) is 0 Å². The van der Waals surface area contributed by atoms with Gasteiger partial charge in [0.05, 0.1) is 11.1 Å². The first-order valence-electron chi connectivity index (χ1n) is 4.50. The second kappa shape index (κ2) is 4.08. The van der Waals surface area contributed by atoms with E-state index in [4.69, 9.17) is 0 Å². The highest BCUT2D eigenvalue weighted by atomic mass is 79.9. The van der Waals surface area contributed by atoms with Gasteiger partial charge in [-0.3, -0.25) is 4.68 Å². The summed E-state index contributed by atoms with van der Waals surface area (Å²) in [5.41, 5.74) is 1.85. The van der Waals surface area contributed by atoms with Gasteiger partial charge in [-0.1, -0.05) is 0 Å². The van der Waals surface area contributed by atoms with Gasteiger partial charge in [0, 0.05) is 22.8 Å². The van der Waals surface area contributed by atoms with Crippen LogP contribution in [0.5, 0.6) is 0 Å². The standard InChI is InChI=1S/C10H11BrN2OS/c1-6-7(5-12-13(6)2)9(14)10-8(11)3-4-15-10/h3-5,9,14H,1-2H3. The molecule has 0 aliphatic heterocycles. The first-order valence-corrected chi connectivity index (χ1v) is 6.18. The topological polar surface area (TPSA) is 38.1 Å². The number of nitrogens with zero attached hydrogens (tertiary/aromatic N) is 2. The van der Waals surface area contributed by atoms with Gasteiger partial charge in [-0.25, -0.2) is 0 Å². The van der Waals surface area contributed by atoms with E-state index in [2.05, 4.69) is 21.0 Å². The highest BCUT2D eigenvalue weighted by molar-refractivity contribution is 9.10. The third-order valence-electron chi connectivity index (χ3n) is 2.46. The number of halogens is 1. The molecule has 0 spiro atoms. The molecule has 2 heterocycles. The van der Waals surface area contributed by atoms with Crippen LogP contribution in [0.15, 0.2) is 22.1 Å². The summed E-state index contributed by atoms with van der Waals surface area (Å²) in [5, 5.41) is 16.3. The van der Waals surface area contributed by atoms with Gasteiger partial charge in [0.1, 0.15) is 6.10 Å². The molecule has 1 N–H and O–H groups in total. The van der Waals surface area contributed by atoms with Crippen molar-refractivity contribution in [2.45, 2.75) is 13.0 Å². The number of aromatic nitrogens is 2. The predicted octanol–water partition coefficient (Wildman–Crippen LogP) is 2.63. The molecule has 0 saturated heterocycles. The number of thiophene rings is 1. The molecule has 0 saturated carbocycles. The van der Waals surface area contributed by atoms with E-state index in [1.54, 1.807) is 10.9 Å². The van der Waals surface area contributed by atoms with Crippen LogP contribution in [-0.2, 0) is 7.05 Å². The van der Waals surface area contributed by atoms with Crippen LogP contribution >= 0.6 is 27.3 Å². The fraction of sp³-hybridized carbons (Fsp3) is 0.300. The lowest BCUT2D eigenvalue weighted by molar-refractivity contribution is 0.222. The first-order chi connectivity index (χ1) is 7.11. The van der Waals surface area contributed by atoms with Crippen molar-refractivity contribution in [1.82, 2.24) is 9.78 Å². The lowest BCUT2D eigenvalue weighted by atomic mass is 10.1. The molecule has 0 radical (unpaired) electrons. The number of hydrogen-bond donors (Lipinski definition) is 1. The van der Waals surface area contributed by atoms with Gasteiger partial charge in [-0.05, 0) is 34.3 Å². The molecule has 2 aromatic heterocycles. The molecular formula is C10H11BrN2OS. The number of aliphatic hydroxyl groups is 1. The van der Waals surface area contributed by atoms with Crippen molar-refractivity contribution in [3.8, 4) is 0 Å². The number of aliphatic hydroxyl groups excluding tert-OH is 1. The van der Waals surface area contributed by atoms with Crippen molar-refractivity contribution in [1.29, 1.82) is 0 Å². The van der Waals surface area contributed by atoms with Crippen LogP contribution in [-0.4, -0.2) is 14.9 Å². The fourth-order valence-electron chi connectivity index (χ4n) is 1.43. The molecule has 80 valence electrons. The molecule has 1 unspecified atom stereocenters. The second-order valence-corrected chi connectivity index (χ2v) is 5.15. The average molecular weight is 287 g/mol. The number of hydrogen-bond acceptors (Lipinski definition) is 3.